The smallest absolute Gasteiger partial charge is 0.230 e. The van der Waals surface area contributed by atoms with Crippen molar-refractivity contribution in [3.05, 3.63) is 35.6 Å². The van der Waals surface area contributed by atoms with E-state index in [1.54, 1.807) is 30.1 Å². The Hall–Kier alpha value is -1.42. The third-order valence-electron chi connectivity index (χ3n) is 4.37. The first-order valence-electron chi connectivity index (χ1n) is 7.18. The van der Waals surface area contributed by atoms with Crippen LogP contribution in [0.1, 0.15) is 38.3 Å². The summed E-state index contributed by atoms with van der Waals surface area (Å²) in [5.74, 6) is -0.174. The maximum atomic E-state index is 13.9. The zero-order valence-electron chi connectivity index (χ0n) is 12.4. The van der Waals surface area contributed by atoms with Gasteiger partial charge < -0.3 is 10.2 Å². The number of nitrogens with zero attached hydrogens (tertiary/aromatic N) is 1. The van der Waals surface area contributed by atoms with Gasteiger partial charge in [-0.05, 0) is 39.3 Å². The van der Waals surface area contributed by atoms with E-state index in [4.69, 9.17) is 0 Å². The number of rotatable bonds is 3. The molecule has 0 spiro atoms. The number of hydrogen-bond donors (Lipinski definition) is 1. The molecule has 1 N–H and O–H groups in total. The molecule has 1 aliphatic rings. The Labute approximate surface area is 120 Å². The summed E-state index contributed by atoms with van der Waals surface area (Å²) in [5.41, 5.74) is 0.183. The molecule has 2 atom stereocenters. The van der Waals surface area contributed by atoms with Crippen molar-refractivity contribution in [2.45, 2.75) is 32.7 Å². The summed E-state index contributed by atoms with van der Waals surface area (Å²) >= 11 is 0. The summed E-state index contributed by atoms with van der Waals surface area (Å²) in [6.45, 7) is 5.53. The molecule has 0 radical (unpaired) electrons. The summed E-state index contributed by atoms with van der Waals surface area (Å²) in [6.07, 6.45) is 1.89. The summed E-state index contributed by atoms with van der Waals surface area (Å²) in [4.78, 5) is 14.4. The van der Waals surface area contributed by atoms with E-state index in [1.165, 1.54) is 6.07 Å². The number of carbonyl (C=O) groups excluding carboxylic acids is 1. The zero-order chi connectivity index (χ0) is 14.8. The van der Waals surface area contributed by atoms with Gasteiger partial charge in [0, 0.05) is 19.2 Å². The molecule has 0 aromatic heterocycles. The molecule has 1 amide bonds. The molecule has 1 aliphatic heterocycles. The molecule has 110 valence electrons. The molecule has 1 aromatic rings. The largest absolute Gasteiger partial charge is 0.338 e. The van der Waals surface area contributed by atoms with Gasteiger partial charge in [-0.25, -0.2) is 4.39 Å². The van der Waals surface area contributed by atoms with E-state index < -0.39 is 0 Å². The van der Waals surface area contributed by atoms with E-state index in [0.29, 0.717) is 12.1 Å². The van der Waals surface area contributed by atoms with Crippen molar-refractivity contribution in [3.8, 4) is 0 Å². The molecule has 1 saturated heterocycles. The van der Waals surface area contributed by atoms with Crippen molar-refractivity contribution >= 4 is 5.91 Å². The number of nitrogens with one attached hydrogen (secondary N) is 1. The van der Waals surface area contributed by atoms with Crippen LogP contribution in [0.15, 0.2) is 24.3 Å². The van der Waals surface area contributed by atoms with Gasteiger partial charge >= 0.3 is 0 Å². The van der Waals surface area contributed by atoms with Crippen LogP contribution in [0.4, 0.5) is 4.39 Å². The monoisotopic (exact) mass is 278 g/mol. The minimum Gasteiger partial charge on any atom is -0.338 e. The number of benzene rings is 1. The van der Waals surface area contributed by atoms with Crippen LogP contribution in [0.5, 0.6) is 0 Å². The standard InChI is InChI=1S/C16H23FN2O/c1-12(13-7-4-5-8-14(13)17)19(3)15(20)16(2)9-6-10-18-11-16/h4-5,7-8,12,18H,6,9-11H2,1-3H3. The molecule has 4 heteroatoms. The van der Waals surface area contributed by atoms with Gasteiger partial charge in [-0.2, -0.15) is 0 Å². The van der Waals surface area contributed by atoms with E-state index in [-0.39, 0.29) is 23.2 Å². The van der Waals surface area contributed by atoms with Gasteiger partial charge in [0.2, 0.25) is 5.91 Å². The Morgan fingerprint density at radius 3 is 2.75 bits per heavy atom. The molecular formula is C16H23FN2O. The van der Waals surface area contributed by atoms with Gasteiger partial charge in [0.25, 0.3) is 0 Å². The molecular weight excluding hydrogens is 255 g/mol. The fourth-order valence-electron chi connectivity index (χ4n) is 2.86. The Morgan fingerprint density at radius 1 is 1.45 bits per heavy atom. The Bertz CT molecular complexity index is 483. The average molecular weight is 278 g/mol. The third-order valence-corrected chi connectivity index (χ3v) is 4.37. The molecule has 1 fully saturated rings. The normalized spacial score (nSPS) is 24.2. The van der Waals surface area contributed by atoms with Crippen molar-refractivity contribution in [2.24, 2.45) is 5.41 Å². The fraction of sp³-hybridized carbons (Fsp3) is 0.562. The van der Waals surface area contributed by atoms with Gasteiger partial charge in [-0.3, -0.25) is 4.79 Å². The summed E-state index contributed by atoms with van der Waals surface area (Å²) < 4.78 is 13.9. The first kappa shape index (κ1) is 15.0. The first-order chi connectivity index (χ1) is 9.46. The third kappa shape index (κ3) is 2.85. The Balaban J connectivity index is 2.16. The van der Waals surface area contributed by atoms with Gasteiger partial charge in [-0.1, -0.05) is 18.2 Å². The van der Waals surface area contributed by atoms with E-state index >= 15 is 0 Å². The van der Waals surface area contributed by atoms with Gasteiger partial charge in [0.15, 0.2) is 0 Å². The van der Waals surface area contributed by atoms with Crippen molar-refractivity contribution in [1.29, 1.82) is 0 Å². The molecule has 0 saturated carbocycles. The maximum absolute atomic E-state index is 13.9. The fourth-order valence-corrected chi connectivity index (χ4v) is 2.86. The van der Waals surface area contributed by atoms with Gasteiger partial charge in [-0.15, -0.1) is 0 Å². The molecule has 2 unspecified atom stereocenters. The van der Waals surface area contributed by atoms with Crippen molar-refractivity contribution in [3.63, 3.8) is 0 Å². The lowest BCUT2D eigenvalue weighted by molar-refractivity contribution is -0.143. The topological polar surface area (TPSA) is 32.3 Å². The number of amides is 1. The predicted octanol–water partition coefficient (Wildman–Crippen LogP) is 2.73. The lowest BCUT2D eigenvalue weighted by atomic mass is 9.81. The lowest BCUT2D eigenvalue weighted by Gasteiger charge is -2.38. The highest BCUT2D eigenvalue weighted by molar-refractivity contribution is 5.83. The number of carbonyl (C=O) groups is 1. The molecule has 1 aromatic carbocycles. The van der Waals surface area contributed by atoms with Gasteiger partial charge in [0.05, 0.1) is 11.5 Å². The molecule has 2 rings (SSSR count). The highest BCUT2D eigenvalue weighted by Crippen LogP contribution is 2.31. The molecule has 0 bridgehead atoms. The van der Waals surface area contributed by atoms with Crippen LogP contribution in [0.25, 0.3) is 0 Å². The van der Waals surface area contributed by atoms with Crippen LogP contribution < -0.4 is 5.32 Å². The van der Waals surface area contributed by atoms with E-state index in [1.807, 2.05) is 13.8 Å². The second kappa shape index (κ2) is 5.92. The van der Waals surface area contributed by atoms with Crippen molar-refractivity contribution < 1.29 is 9.18 Å². The van der Waals surface area contributed by atoms with Crippen LogP contribution in [-0.2, 0) is 4.79 Å². The van der Waals surface area contributed by atoms with Crippen molar-refractivity contribution in [1.82, 2.24) is 10.2 Å². The van der Waals surface area contributed by atoms with Crippen LogP contribution in [0.2, 0.25) is 0 Å². The summed E-state index contributed by atoms with van der Waals surface area (Å²) in [6, 6.07) is 6.39. The number of halogens is 1. The summed E-state index contributed by atoms with van der Waals surface area (Å²) in [5, 5.41) is 3.28. The first-order valence-corrected chi connectivity index (χ1v) is 7.18. The van der Waals surface area contributed by atoms with Crippen LogP contribution in [0, 0.1) is 11.2 Å². The molecule has 0 aliphatic carbocycles. The van der Waals surface area contributed by atoms with Crippen LogP contribution in [-0.4, -0.2) is 30.9 Å². The van der Waals surface area contributed by atoms with E-state index in [9.17, 15) is 9.18 Å². The average Bonchev–Trinajstić information content (AvgIpc) is 2.46. The van der Waals surface area contributed by atoms with E-state index in [2.05, 4.69) is 5.32 Å². The van der Waals surface area contributed by atoms with Crippen LogP contribution >= 0.6 is 0 Å². The lowest BCUT2D eigenvalue weighted by Crippen LogP contribution is -2.49. The quantitative estimate of drug-likeness (QED) is 0.922. The molecule has 20 heavy (non-hydrogen) atoms. The second-order valence-electron chi connectivity index (χ2n) is 5.95. The minimum atomic E-state index is -0.382. The maximum Gasteiger partial charge on any atom is 0.230 e. The highest BCUT2D eigenvalue weighted by atomic mass is 19.1. The van der Waals surface area contributed by atoms with E-state index in [0.717, 1.165) is 19.4 Å². The van der Waals surface area contributed by atoms with Crippen molar-refractivity contribution in [2.75, 3.05) is 20.1 Å². The predicted molar refractivity (Wildman–Crippen MR) is 77.8 cm³/mol. The second-order valence-corrected chi connectivity index (χ2v) is 5.95. The van der Waals surface area contributed by atoms with Gasteiger partial charge in [0.1, 0.15) is 5.82 Å². The highest BCUT2D eigenvalue weighted by Gasteiger charge is 2.38. The molecule has 1 heterocycles. The summed E-state index contributed by atoms with van der Waals surface area (Å²) in [7, 11) is 1.76. The van der Waals surface area contributed by atoms with Crippen LogP contribution in [0.3, 0.4) is 0 Å². The zero-order valence-corrected chi connectivity index (χ0v) is 12.4. The Kier molecular flexibility index (Phi) is 4.43. The molecule has 3 nitrogen and oxygen atoms in total. The Morgan fingerprint density at radius 2 is 2.15 bits per heavy atom. The number of piperidine rings is 1. The number of hydrogen-bond acceptors (Lipinski definition) is 2. The minimum absolute atomic E-state index is 0.0838. The SMILES string of the molecule is CC(c1ccccc1F)N(C)C(=O)C1(C)CCCNC1.